The van der Waals surface area contributed by atoms with Crippen LogP contribution in [0.3, 0.4) is 0 Å². The van der Waals surface area contributed by atoms with Gasteiger partial charge in [-0.1, -0.05) is 145 Å². The van der Waals surface area contributed by atoms with E-state index in [0.717, 1.165) is 0 Å². The number of rotatable bonds is 3. The molecule has 1 unspecified atom stereocenters. The quantitative estimate of drug-likeness (QED) is 0.268. The van der Waals surface area contributed by atoms with Gasteiger partial charge in [-0.3, -0.25) is 0 Å². The van der Waals surface area contributed by atoms with Crippen LogP contribution in [0, 0.1) is 20.8 Å². The van der Waals surface area contributed by atoms with Crippen molar-refractivity contribution in [3.05, 3.63) is 155 Å². The van der Waals surface area contributed by atoms with Crippen LogP contribution >= 0.6 is 0 Å². The lowest BCUT2D eigenvalue weighted by atomic mass is 9.80. The highest BCUT2D eigenvalue weighted by Crippen LogP contribution is 2.51. The Balaban J connectivity index is 0.000000259. The molecule has 0 saturated carbocycles. The predicted octanol–water partition coefficient (Wildman–Crippen LogP) is 9.96. The van der Waals surface area contributed by atoms with E-state index in [-0.39, 0.29) is 0 Å². The van der Waals surface area contributed by atoms with Crippen LogP contribution < -0.4 is 0 Å². The second kappa shape index (κ2) is 12.7. The van der Waals surface area contributed by atoms with E-state index >= 15 is 0 Å². The Morgan fingerprint density at radius 1 is 0.657 bits per heavy atom. The summed E-state index contributed by atoms with van der Waals surface area (Å²) in [6, 6.07) is 34.9. The smallest absolute Gasteiger partial charge is 0.0168 e. The van der Waals surface area contributed by atoms with Gasteiger partial charge in [0.2, 0.25) is 0 Å². The third kappa shape index (κ3) is 6.70. The van der Waals surface area contributed by atoms with E-state index in [9.17, 15) is 0 Å². The molecule has 1 aliphatic rings. The molecule has 4 aromatic rings. The van der Waals surface area contributed by atoms with Gasteiger partial charge >= 0.3 is 0 Å². The minimum absolute atomic E-state index is 0.442. The maximum Gasteiger partial charge on any atom is 0.0168 e. The van der Waals surface area contributed by atoms with E-state index in [1.807, 2.05) is 55.5 Å². The molecule has 0 heteroatoms. The lowest BCUT2D eigenvalue weighted by molar-refractivity contribution is 0.669. The third-order valence-electron chi connectivity index (χ3n) is 6.47. The van der Waals surface area contributed by atoms with Crippen LogP contribution in [0.1, 0.15) is 59.1 Å². The number of benzene rings is 4. The molecule has 0 radical (unpaired) electrons. The summed E-state index contributed by atoms with van der Waals surface area (Å²) in [5, 5.41) is 0. The molecule has 4 aromatic carbocycles. The zero-order chi connectivity index (χ0) is 25.2. The van der Waals surface area contributed by atoms with Gasteiger partial charge in [-0.15, -0.1) is 0 Å². The number of hydrogen-bond acceptors (Lipinski definition) is 0. The Morgan fingerprint density at radius 3 is 1.46 bits per heavy atom. The van der Waals surface area contributed by atoms with Gasteiger partial charge in [0.15, 0.2) is 0 Å². The van der Waals surface area contributed by atoms with Crippen molar-refractivity contribution in [1.82, 2.24) is 0 Å². The van der Waals surface area contributed by atoms with E-state index in [0.29, 0.717) is 11.8 Å². The Hall–Kier alpha value is -3.64. The van der Waals surface area contributed by atoms with Crippen molar-refractivity contribution in [3.8, 4) is 11.1 Å². The SMILES string of the molecule is C=C/C=C\C.Cc1ccc(C(C)C2c3cc(C)ccc3-c3ccc(C)cc32)cc1.c1ccccc1. The lowest BCUT2D eigenvalue weighted by Crippen LogP contribution is -2.08. The van der Waals surface area contributed by atoms with E-state index < -0.39 is 0 Å². The van der Waals surface area contributed by atoms with Gasteiger partial charge < -0.3 is 0 Å². The van der Waals surface area contributed by atoms with Crippen molar-refractivity contribution in [1.29, 1.82) is 0 Å². The van der Waals surface area contributed by atoms with E-state index in [1.165, 1.54) is 44.5 Å². The van der Waals surface area contributed by atoms with Crippen LogP contribution in [0.2, 0.25) is 0 Å². The number of fused-ring (bicyclic) bond motifs is 3. The summed E-state index contributed by atoms with van der Waals surface area (Å²) in [5.41, 5.74) is 11.3. The monoisotopic (exact) mass is 458 g/mol. The van der Waals surface area contributed by atoms with Gasteiger partial charge in [-0.05, 0) is 61.4 Å². The van der Waals surface area contributed by atoms with Gasteiger partial charge in [0, 0.05) is 5.92 Å². The summed E-state index contributed by atoms with van der Waals surface area (Å²) in [5.74, 6) is 0.909. The normalized spacial score (nSPS) is 12.5. The lowest BCUT2D eigenvalue weighted by Gasteiger charge is -2.23. The van der Waals surface area contributed by atoms with Crippen LogP contribution in [0.4, 0.5) is 0 Å². The minimum Gasteiger partial charge on any atom is -0.0991 e. The molecule has 0 nitrogen and oxygen atoms in total. The van der Waals surface area contributed by atoms with Gasteiger partial charge in [-0.2, -0.15) is 0 Å². The first-order valence-corrected chi connectivity index (χ1v) is 12.5. The summed E-state index contributed by atoms with van der Waals surface area (Å²) in [7, 11) is 0. The zero-order valence-electron chi connectivity index (χ0n) is 21.8. The molecule has 0 amide bonds. The van der Waals surface area contributed by atoms with Crippen LogP contribution in [0.25, 0.3) is 11.1 Å². The molecule has 0 spiro atoms. The zero-order valence-corrected chi connectivity index (χ0v) is 21.8. The number of aryl methyl sites for hydroxylation is 3. The van der Waals surface area contributed by atoms with E-state index in [4.69, 9.17) is 0 Å². The fourth-order valence-corrected chi connectivity index (χ4v) is 4.66. The highest BCUT2D eigenvalue weighted by Gasteiger charge is 2.33. The first kappa shape index (κ1) is 26.0. The van der Waals surface area contributed by atoms with Crippen molar-refractivity contribution in [2.45, 2.75) is 46.5 Å². The van der Waals surface area contributed by atoms with Crippen LogP contribution in [0.5, 0.6) is 0 Å². The molecule has 35 heavy (non-hydrogen) atoms. The molecule has 0 fully saturated rings. The fraction of sp³-hybridized carbons (Fsp3) is 0.200. The van der Waals surface area contributed by atoms with Crippen LogP contribution in [-0.2, 0) is 0 Å². The van der Waals surface area contributed by atoms with Crippen molar-refractivity contribution in [2.24, 2.45) is 0 Å². The third-order valence-corrected chi connectivity index (χ3v) is 6.47. The minimum atomic E-state index is 0.442. The van der Waals surface area contributed by atoms with Crippen molar-refractivity contribution in [3.63, 3.8) is 0 Å². The predicted molar refractivity (Wildman–Crippen MR) is 154 cm³/mol. The fourth-order valence-electron chi connectivity index (χ4n) is 4.66. The van der Waals surface area contributed by atoms with Gasteiger partial charge in [0.1, 0.15) is 0 Å². The first-order chi connectivity index (χ1) is 17.0. The van der Waals surface area contributed by atoms with Crippen LogP contribution in [0.15, 0.2) is 122 Å². The molecule has 1 aliphatic carbocycles. The van der Waals surface area contributed by atoms with Gasteiger partial charge in [-0.25, -0.2) is 0 Å². The molecule has 0 heterocycles. The Bertz CT molecular complexity index is 1170. The summed E-state index contributed by atoms with van der Waals surface area (Å²) >= 11 is 0. The molecule has 0 aliphatic heterocycles. The highest BCUT2D eigenvalue weighted by atomic mass is 14.4. The van der Waals surface area contributed by atoms with Gasteiger partial charge in [0.25, 0.3) is 0 Å². The maximum absolute atomic E-state index is 3.46. The van der Waals surface area contributed by atoms with Crippen molar-refractivity contribution < 1.29 is 0 Å². The molecular formula is C35H38. The van der Waals surface area contributed by atoms with Crippen LogP contribution in [-0.4, -0.2) is 0 Å². The Labute approximate surface area is 212 Å². The molecular weight excluding hydrogens is 420 g/mol. The summed E-state index contributed by atoms with van der Waals surface area (Å²) in [6.45, 7) is 14.3. The van der Waals surface area contributed by atoms with Gasteiger partial charge in [0.05, 0.1) is 0 Å². The molecule has 0 saturated heterocycles. The number of allylic oxidation sites excluding steroid dienone is 3. The average molecular weight is 459 g/mol. The Kier molecular flexibility index (Phi) is 9.44. The Morgan fingerprint density at radius 2 is 1.09 bits per heavy atom. The summed E-state index contributed by atoms with van der Waals surface area (Å²) < 4.78 is 0. The largest absolute Gasteiger partial charge is 0.0991 e. The second-order valence-electron chi connectivity index (χ2n) is 9.27. The highest BCUT2D eigenvalue weighted by molar-refractivity contribution is 5.80. The molecule has 1 atom stereocenters. The van der Waals surface area contributed by atoms with E-state index in [1.54, 1.807) is 6.08 Å². The maximum atomic E-state index is 3.46. The molecule has 0 bridgehead atoms. The topological polar surface area (TPSA) is 0 Å². The van der Waals surface area contributed by atoms with E-state index in [2.05, 4.69) is 94.9 Å². The van der Waals surface area contributed by atoms with Crippen molar-refractivity contribution in [2.75, 3.05) is 0 Å². The summed E-state index contributed by atoms with van der Waals surface area (Å²) in [4.78, 5) is 0. The molecule has 0 aromatic heterocycles. The first-order valence-electron chi connectivity index (χ1n) is 12.5. The second-order valence-corrected chi connectivity index (χ2v) is 9.27. The standard InChI is InChI=1S/C24H24.C6H6.C5H8/c1-15-5-9-19(10-6-15)18(4)24-22-13-16(2)7-11-20(22)21-12-8-17(3)14-23(21)24;1-2-4-6-5-3-1;1-3-5-4-2/h5-14,18,24H,1-4H3;1-6H;3-5H,1H2,2H3/b;;5-4-. The molecule has 0 N–H and O–H groups in total. The van der Waals surface area contributed by atoms with Crippen molar-refractivity contribution >= 4 is 0 Å². The summed E-state index contributed by atoms with van der Waals surface area (Å²) in [6.07, 6.45) is 5.58. The average Bonchev–Trinajstić information content (AvgIpc) is 3.18. The molecule has 178 valence electrons. The number of hydrogen-bond donors (Lipinski definition) is 0. The molecule has 5 rings (SSSR count).